The maximum atomic E-state index is 13.5. The van der Waals surface area contributed by atoms with Gasteiger partial charge in [-0.1, -0.05) is 42.5 Å². The van der Waals surface area contributed by atoms with Gasteiger partial charge >= 0.3 is 6.18 Å². The molecule has 0 fully saturated rings. The average molecular weight is 456 g/mol. The molecule has 8 heteroatoms. The van der Waals surface area contributed by atoms with Crippen LogP contribution in [0, 0.1) is 0 Å². The molecule has 0 N–H and O–H groups in total. The Kier molecular flexibility index (Phi) is 5.35. The molecule has 4 aromatic rings. The summed E-state index contributed by atoms with van der Waals surface area (Å²) in [6.07, 6.45) is -3.61. The Morgan fingerprint density at radius 2 is 1.66 bits per heavy atom. The summed E-state index contributed by atoms with van der Waals surface area (Å²) in [4.78, 5) is 20.1. The first kappa shape index (κ1) is 20.9. The van der Waals surface area contributed by atoms with Crippen molar-refractivity contribution in [2.24, 2.45) is 0 Å². The number of hydrogen-bond donors (Lipinski definition) is 0. The molecule has 5 rings (SSSR count). The highest BCUT2D eigenvalue weighted by molar-refractivity contribution is 7.16. The van der Waals surface area contributed by atoms with Gasteiger partial charge in [-0.05, 0) is 35.2 Å². The van der Waals surface area contributed by atoms with Crippen molar-refractivity contribution in [2.45, 2.75) is 32.2 Å². The van der Waals surface area contributed by atoms with Gasteiger partial charge in [0.1, 0.15) is 0 Å². The predicted molar refractivity (Wildman–Crippen MR) is 119 cm³/mol. The van der Waals surface area contributed by atoms with Crippen LogP contribution in [-0.4, -0.2) is 21.0 Å². The van der Waals surface area contributed by atoms with Crippen LogP contribution in [0.1, 0.15) is 27.8 Å². The zero-order valence-electron chi connectivity index (χ0n) is 17.1. The molecular weight excluding hydrogens is 435 g/mol. The van der Waals surface area contributed by atoms with Gasteiger partial charge in [-0.15, -0.1) is 11.3 Å². The van der Waals surface area contributed by atoms with Gasteiger partial charge in [-0.25, -0.2) is 4.98 Å². The van der Waals surface area contributed by atoms with Crippen LogP contribution in [0.25, 0.3) is 10.3 Å². The third-order valence-corrected chi connectivity index (χ3v) is 6.75. The Hall–Kier alpha value is -2.97. The lowest BCUT2D eigenvalue weighted by Gasteiger charge is -2.29. The van der Waals surface area contributed by atoms with E-state index in [1.807, 2.05) is 18.2 Å². The Morgan fingerprint density at radius 3 is 2.38 bits per heavy atom. The van der Waals surface area contributed by atoms with Gasteiger partial charge in [0.05, 0.1) is 22.3 Å². The molecule has 0 atom stereocenters. The van der Waals surface area contributed by atoms with E-state index in [4.69, 9.17) is 0 Å². The molecule has 0 saturated heterocycles. The molecule has 2 aromatic heterocycles. The Labute approximate surface area is 186 Å². The first-order chi connectivity index (χ1) is 15.4. The minimum atomic E-state index is -4.38. The maximum absolute atomic E-state index is 13.5. The number of benzene rings is 2. The molecular formula is C24H20F3N3OS. The third-order valence-electron chi connectivity index (χ3n) is 5.88. The van der Waals surface area contributed by atoms with Gasteiger partial charge in [0.25, 0.3) is 5.56 Å². The molecule has 0 spiro atoms. The van der Waals surface area contributed by atoms with Crippen molar-refractivity contribution >= 4 is 21.7 Å². The minimum absolute atomic E-state index is 0.115. The van der Waals surface area contributed by atoms with Gasteiger partial charge in [0.15, 0.2) is 5.65 Å². The lowest BCUT2D eigenvalue weighted by atomic mass is 10.0. The van der Waals surface area contributed by atoms with Crippen LogP contribution in [0.3, 0.4) is 0 Å². The first-order valence-corrected chi connectivity index (χ1v) is 11.2. The monoisotopic (exact) mass is 455 g/mol. The normalized spacial score (nSPS) is 14.6. The summed E-state index contributed by atoms with van der Waals surface area (Å²) in [5.74, 6) is 0. The van der Waals surface area contributed by atoms with Crippen molar-refractivity contribution in [2.75, 3.05) is 6.54 Å². The maximum Gasteiger partial charge on any atom is 0.416 e. The van der Waals surface area contributed by atoms with Crippen molar-refractivity contribution < 1.29 is 13.2 Å². The summed E-state index contributed by atoms with van der Waals surface area (Å²) < 4.78 is 41.3. The summed E-state index contributed by atoms with van der Waals surface area (Å²) >= 11 is 1.51. The number of fused-ring (bicyclic) bond motifs is 3. The van der Waals surface area contributed by atoms with E-state index in [1.165, 1.54) is 29.0 Å². The van der Waals surface area contributed by atoms with Crippen molar-refractivity contribution in [1.82, 2.24) is 14.5 Å². The second-order valence-electron chi connectivity index (χ2n) is 7.99. The van der Waals surface area contributed by atoms with Gasteiger partial charge < -0.3 is 0 Å². The predicted octanol–water partition coefficient (Wildman–Crippen LogP) is 5.08. The molecule has 1 aliphatic rings. The number of rotatable bonds is 4. The lowest BCUT2D eigenvalue weighted by molar-refractivity contribution is -0.137. The van der Waals surface area contributed by atoms with Gasteiger partial charge in [0, 0.05) is 25.2 Å². The number of alkyl halides is 3. The molecule has 0 bridgehead atoms. The lowest BCUT2D eigenvalue weighted by Crippen LogP contribution is -2.37. The Bertz CT molecular complexity index is 1310. The number of thiazole rings is 1. The summed E-state index contributed by atoms with van der Waals surface area (Å²) in [6.45, 7) is 2.35. The van der Waals surface area contributed by atoms with Crippen molar-refractivity contribution in [3.8, 4) is 0 Å². The summed E-state index contributed by atoms with van der Waals surface area (Å²) in [7, 11) is 0. The smallest absolute Gasteiger partial charge is 0.294 e. The van der Waals surface area contributed by atoms with E-state index in [0.717, 1.165) is 47.5 Å². The van der Waals surface area contributed by atoms with Crippen LogP contribution in [-0.2, 0) is 32.2 Å². The first-order valence-electron chi connectivity index (χ1n) is 10.3. The van der Waals surface area contributed by atoms with E-state index >= 15 is 0 Å². The fourth-order valence-corrected chi connectivity index (χ4v) is 5.16. The highest BCUT2D eigenvalue weighted by Crippen LogP contribution is 2.30. The topological polar surface area (TPSA) is 38.1 Å². The van der Waals surface area contributed by atoms with Crippen LogP contribution in [0.15, 0.2) is 64.9 Å². The van der Waals surface area contributed by atoms with E-state index in [-0.39, 0.29) is 12.1 Å². The summed E-state index contributed by atoms with van der Waals surface area (Å²) in [5.41, 5.74) is 5.16. The van der Waals surface area contributed by atoms with Crippen molar-refractivity contribution in [1.29, 1.82) is 0 Å². The van der Waals surface area contributed by atoms with Crippen LogP contribution < -0.4 is 5.56 Å². The van der Waals surface area contributed by atoms with Crippen LogP contribution >= 0.6 is 11.3 Å². The highest BCUT2D eigenvalue weighted by Gasteiger charge is 2.30. The number of pyridine rings is 1. The van der Waals surface area contributed by atoms with E-state index in [1.54, 1.807) is 10.1 Å². The fourth-order valence-electron chi connectivity index (χ4n) is 4.27. The molecule has 1 aliphatic heterocycles. The Balaban J connectivity index is 1.49. The second-order valence-corrected chi connectivity index (χ2v) is 8.85. The average Bonchev–Trinajstić information content (AvgIpc) is 3.27. The minimum Gasteiger partial charge on any atom is -0.294 e. The van der Waals surface area contributed by atoms with E-state index in [0.29, 0.717) is 17.8 Å². The van der Waals surface area contributed by atoms with Gasteiger partial charge in [-0.3, -0.25) is 14.3 Å². The quantitative estimate of drug-likeness (QED) is 0.431. The van der Waals surface area contributed by atoms with Gasteiger partial charge in [0.2, 0.25) is 0 Å². The molecule has 164 valence electrons. The fraction of sp³-hybridized carbons (Fsp3) is 0.250. The zero-order valence-corrected chi connectivity index (χ0v) is 17.9. The number of aromatic nitrogens is 2. The molecule has 0 unspecified atom stereocenters. The summed E-state index contributed by atoms with van der Waals surface area (Å²) in [5, 5.41) is 0. The number of nitrogens with zero attached hydrogens (tertiary/aromatic N) is 3. The molecule has 2 aromatic carbocycles. The zero-order chi connectivity index (χ0) is 22.3. The molecule has 32 heavy (non-hydrogen) atoms. The SMILES string of the molecule is O=c1c2c(c3scnc3n1Cc1ccc(C(F)(F)F)cc1)CCN(Cc1ccccc1)C2. The number of hydrogen-bond acceptors (Lipinski definition) is 4. The van der Waals surface area contributed by atoms with Crippen molar-refractivity contribution in [3.05, 3.63) is 98.3 Å². The van der Waals surface area contributed by atoms with Crippen LogP contribution in [0.4, 0.5) is 13.2 Å². The standard InChI is InChI=1S/C24H20F3N3OS/c25-24(26,27)18-8-6-17(7-9-18)13-30-22-21(32-15-28-22)19-10-11-29(14-20(19)23(30)31)12-16-4-2-1-3-5-16/h1-9,15H,10-14H2. The molecule has 4 nitrogen and oxygen atoms in total. The number of halogens is 3. The molecule has 0 radical (unpaired) electrons. The molecule has 0 amide bonds. The highest BCUT2D eigenvalue weighted by atomic mass is 32.1. The van der Waals surface area contributed by atoms with Gasteiger partial charge in [-0.2, -0.15) is 13.2 Å². The molecule has 3 heterocycles. The third kappa shape index (κ3) is 3.96. The van der Waals surface area contributed by atoms with E-state index in [2.05, 4.69) is 22.0 Å². The van der Waals surface area contributed by atoms with E-state index < -0.39 is 11.7 Å². The molecule has 0 saturated carbocycles. The van der Waals surface area contributed by atoms with Crippen molar-refractivity contribution in [3.63, 3.8) is 0 Å². The summed E-state index contributed by atoms with van der Waals surface area (Å²) in [6, 6.07) is 15.1. The molecule has 0 aliphatic carbocycles. The Morgan fingerprint density at radius 1 is 0.938 bits per heavy atom. The van der Waals surface area contributed by atoms with E-state index in [9.17, 15) is 18.0 Å². The second kappa shape index (κ2) is 8.18. The van der Waals surface area contributed by atoms with Crippen LogP contribution in [0.2, 0.25) is 0 Å². The largest absolute Gasteiger partial charge is 0.416 e. The van der Waals surface area contributed by atoms with Crippen LogP contribution in [0.5, 0.6) is 0 Å².